The summed E-state index contributed by atoms with van der Waals surface area (Å²) in [5.41, 5.74) is 5.71. The summed E-state index contributed by atoms with van der Waals surface area (Å²) in [5, 5.41) is 2.90. The van der Waals surface area contributed by atoms with Crippen LogP contribution in [0.1, 0.15) is 11.5 Å². The third-order valence-corrected chi connectivity index (χ3v) is 2.70. The Morgan fingerprint density at radius 2 is 2.21 bits per heavy atom. The number of amides is 2. The maximum atomic E-state index is 12.0. The van der Waals surface area contributed by atoms with Gasteiger partial charge in [0.1, 0.15) is 5.92 Å². The molecule has 2 aromatic rings. The monoisotopic (exact) mass is 278 g/mol. The van der Waals surface area contributed by atoms with E-state index in [1.165, 1.54) is 12.3 Å². The van der Waals surface area contributed by atoms with Gasteiger partial charge < -0.3 is 10.7 Å². The number of nitrogens with two attached hydrogens (primary N) is 1. The van der Waals surface area contributed by atoms with E-state index in [9.17, 15) is 9.59 Å². The third kappa shape index (κ3) is 3.11. The van der Waals surface area contributed by atoms with Crippen LogP contribution in [0.25, 0.3) is 0 Å². The second-order valence-corrected chi connectivity index (χ2v) is 4.25. The Balaban J connectivity index is 2.25. The second-order valence-electron chi connectivity index (χ2n) is 3.82. The number of imidazole rings is 1. The number of hydrogen-bond donors (Lipinski definition) is 3. The van der Waals surface area contributed by atoms with Crippen molar-refractivity contribution in [2.45, 2.75) is 5.92 Å². The molecule has 98 valence electrons. The molecule has 0 radical (unpaired) electrons. The molecule has 0 spiro atoms. The van der Waals surface area contributed by atoms with E-state index in [1.807, 2.05) is 0 Å². The Bertz CT molecular complexity index is 598. The summed E-state index contributed by atoms with van der Waals surface area (Å²) < 4.78 is 0. The predicted octanol–water partition coefficient (Wildman–Crippen LogP) is 1.27. The Morgan fingerprint density at radius 1 is 1.42 bits per heavy atom. The number of aromatic amines is 1. The SMILES string of the molecule is NC(=O)C(C(=O)Nc1ncc[nH]1)c1cccc(Cl)c1. The number of rotatable bonds is 4. The summed E-state index contributed by atoms with van der Waals surface area (Å²) in [6, 6.07) is 6.43. The molecule has 1 aromatic carbocycles. The van der Waals surface area contributed by atoms with Gasteiger partial charge in [0.2, 0.25) is 17.8 Å². The molecule has 0 aliphatic rings. The number of hydrogen-bond acceptors (Lipinski definition) is 3. The molecule has 1 aromatic heterocycles. The highest BCUT2D eigenvalue weighted by atomic mass is 35.5. The first-order valence-corrected chi connectivity index (χ1v) is 5.81. The summed E-state index contributed by atoms with van der Waals surface area (Å²) in [5.74, 6) is -2.20. The van der Waals surface area contributed by atoms with Crippen molar-refractivity contribution >= 4 is 29.4 Å². The zero-order valence-electron chi connectivity index (χ0n) is 9.76. The average Bonchev–Trinajstić information content (AvgIpc) is 2.81. The molecule has 0 fully saturated rings. The van der Waals surface area contributed by atoms with Crippen LogP contribution in [0.4, 0.5) is 5.95 Å². The van der Waals surface area contributed by atoms with E-state index >= 15 is 0 Å². The average molecular weight is 279 g/mol. The van der Waals surface area contributed by atoms with Crippen LogP contribution < -0.4 is 11.1 Å². The van der Waals surface area contributed by atoms with Crippen molar-refractivity contribution in [1.29, 1.82) is 0 Å². The highest BCUT2D eigenvalue weighted by Gasteiger charge is 2.27. The molecule has 2 rings (SSSR count). The van der Waals surface area contributed by atoms with Crippen LogP contribution in [0, 0.1) is 0 Å². The molecule has 19 heavy (non-hydrogen) atoms. The largest absolute Gasteiger partial charge is 0.369 e. The number of carbonyl (C=O) groups is 2. The van der Waals surface area contributed by atoms with Gasteiger partial charge in [0.05, 0.1) is 0 Å². The summed E-state index contributed by atoms with van der Waals surface area (Å²) in [6.07, 6.45) is 3.03. The number of nitrogens with zero attached hydrogens (tertiary/aromatic N) is 1. The van der Waals surface area contributed by atoms with E-state index < -0.39 is 17.7 Å². The Hall–Kier alpha value is -2.34. The number of primary amides is 1. The molecule has 6 nitrogen and oxygen atoms in total. The minimum atomic E-state index is -1.12. The first-order valence-electron chi connectivity index (χ1n) is 5.43. The number of anilines is 1. The van der Waals surface area contributed by atoms with E-state index in [0.717, 1.165) is 0 Å². The van der Waals surface area contributed by atoms with Crippen molar-refractivity contribution in [3.8, 4) is 0 Å². The van der Waals surface area contributed by atoms with E-state index in [2.05, 4.69) is 15.3 Å². The second kappa shape index (κ2) is 5.53. The van der Waals surface area contributed by atoms with E-state index in [4.69, 9.17) is 17.3 Å². The van der Waals surface area contributed by atoms with Crippen LogP contribution in [0.5, 0.6) is 0 Å². The quantitative estimate of drug-likeness (QED) is 0.734. The Kier molecular flexibility index (Phi) is 3.82. The third-order valence-electron chi connectivity index (χ3n) is 2.47. The fourth-order valence-corrected chi connectivity index (χ4v) is 1.85. The van der Waals surface area contributed by atoms with Crippen molar-refractivity contribution in [1.82, 2.24) is 9.97 Å². The van der Waals surface area contributed by atoms with E-state index in [1.54, 1.807) is 24.4 Å². The van der Waals surface area contributed by atoms with Crippen molar-refractivity contribution in [3.63, 3.8) is 0 Å². The van der Waals surface area contributed by atoms with E-state index in [-0.39, 0.29) is 5.95 Å². The van der Waals surface area contributed by atoms with Gasteiger partial charge in [-0.25, -0.2) is 4.98 Å². The molecular formula is C12H11ClN4O2. The van der Waals surface area contributed by atoms with Crippen LogP contribution in [0.2, 0.25) is 5.02 Å². The Labute approximate surface area is 114 Å². The summed E-state index contributed by atoms with van der Waals surface area (Å²) in [4.78, 5) is 30.1. The molecule has 2 amide bonds. The zero-order chi connectivity index (χ0) is 13.8. The molecule has 1 atom stereocenters. The van der Waals surface area contributed by atoms with Gasteiger partial charge in [-0.05, 0) is 17.7 Å². The maximum absolute atomic E-state index is 12.0. The van der Waals surface area contributed by atoms with Crippen molar-refractivity contribution in [3.05, 3.63) is 47.2 Å². The highest BCUT2D eigenvalue weighted by molar-refractivity contribution is 6.30. The normalized spacial score (nSPS) is 11.8. The van der Waals surface area contributed by atoms with Crippen molar-refractivity contribution in [2.24, 2.45) is 5.73 Å². The molecule has 0 saturated carbocycles. The Morgan fingerprint density at radius 3 is 2.79 bits per heavy atom. The molecule has 0 saturated heterocycles. The van der Waals surface area contributed by atoms with Gasteiger partial charge in [-0.15, -0.1) is 0 Å². The first-order chi connectivity index (χ1) is 9.08. The number of halogens is 1. The number of H-pyrrole nitrogens is 1. The minimum Gasteiger partial charge on any atom is -0.369 e. The zero-order valence-corrected chi connectivity index (χ0v) is 10.5. The van der Waals surface area contributed by atoms with Gasteiger partial charge in [-0.3, -0.25) is 14.9 Å². The summed E-state index contributed by atoms with van der Waals surface area (Å²) in [6.45, 7) is 0. The van der Waals surface area contributed by atoms with Crippen LogP contribution in [-0.4, -0.2) is 21.8 Å². The molecule has 1 heterocycles. The van der Waals surface area contributed by atoms with Gasteiger partial charge in [0.25, 0.3) is 0 Å². The van der Waals surface area contributed by atoms with Gasteiger partial charge in [0, 0.05) is 17.4 Å². The van der Waals surface area contributed by atoms with Crippen molar-refractivity contribution in [2.75, 3.05) is 5.32 Å². The fourth-order valence-electron chi connectivity index (χ4n) is 1.65. The molecule has 0 aliphatic carbocycles. The lowest BCUT2D eigenvalue weighted by Gasteiger charge is -2.13. The van der Waals surface area contributed by atoms with Gasteiger partial charge in [0.15, 0.2) is 0 Å². The fraction of sp³-hybridized carbons (Fsp3) is 0.0833. The van der Waals surface area contributed by atoms with Gasteiger partial charge >= 0.3 is 0 Å². The molecule has 0 bridgehead atoms. The summed E-state index contributed by atoms with van der Waals surface area (Å²) >= 11 is 5.84. The smallest absolute Gasteiger partial charge is 0.243 e. The maximum Gasteiger partial charge on any atom is 0.243 e. The van der Waals surface area contributed by atoms with Gasteiger partial charge in [-0.2, -0.15) is 0 Å². The first kappa shape index (κ1) is 13.1. The van der Waals surface area contributed by atoms with E-state index in [0.29, 0.717) is 10.6 Å². The van der Waals surface area contributed by atoms with Gasteiger partial charge in [-0.1, -0.05) is 23.7 Å². The lowest BCUT2D eigenvalue weighted by atomic mass is 9.97. The standard InChI is InChI=1S/C12H11ClN4O2/c13-8-3-1-2-7(6-8)9(10(14)18)11(19)17-12-15-4-5-16-12/h1-6,9H,(H2,14,18)(H2,15,16,17,19). The van der Waals surface area contributed by atoms with Crippen molar-refractivity contribution < 1.29 is 9.59 Å². The molecule has 4 N–H and O–H groups in total. The number of benzene rings is 1. The number of nitrogens with one attached hydrogen (secondary N) is 2. The molecule has 1 unspecified atom stereocenters. The van der Waals surface area contributed by atoms with Crippen LogP contribution in [0.3, 0.4) is 0 Å². The molecule has 7 heteroatoms. The lowest BCUT2D eigenvalue weighted by molar-refractivity contribution is -0.127. The van der Waals surface area contributed by atoms with Crippen LogP contribution in [0.15, 0.2) is 36.7 Å². The van der Waals surface area contributed by atoms with Crippen LogP contribution in [-0.2, 0) is 9.59 Å². The molecular weight excluding hydrogens is 268 g/mol. The minimum absolute atomic E-state index is 0.248. The summed E-state index contributed by atoms with van der Waals surface area (Å²) in [7, 11) is 0. The highest BCUT2D eigenvalue weighted by Crippen LogP contribution is 2.20. The lowest BCUT2D eigenvalue weighted by Crippen LogP contribution is -2.32. The predicted molar refractivity (Wildman–Crippen MR) is 70.6 cm³/mol. The molecule has 0 aliphatic heterocycles. The topological polar surface area (TPSA) is 101 Å². The number of aromatic nitrogens is 2. The van der Waals surface area contributed by atoms with Crippen LogP contribution >= 0.6 is 11.6 Å². The number of carbonyl (C=O) groups excluding carboxylic acids is 2.